The molecule has 0 atom stereocenters. The summed E-state index contributed by atoms with van der Waals surface area (Å²) in [5.74, 6) is -1.10. The van der Waals surface area contributed by atoms with Crippen LogP contribution in [0.15, 0.2) is 24.3 Å². The van der Waals surface area contributed by atoms with Gasteiger partial charge in [-0.25, -0.2) is 0 Å². The number of nitrogens with one attached hydrogen (secondary N) is 1. The fourth-order valence-electron chi connectivity index (χ4n) is 1.71. The Morgan fingerprint density at radius 3 is 2.53 bits per heavy atom. The van der Waals surface area contributed by atoms with Crippen LogP contribution in [0.4, 0.5) is 5.69 Å². The first kappa shape index (κ1) is 15.2. The van der Waals surface area contributed by atoms with Crippen LogP contribution < -0.4 is 5.32 Å². The van der Waals surface area contributed by atoms with Gasteiger partial charge >= 0.3 is 11.8 Å². The third-order valence-corrected chi connectivity index (χ3v) is 2.81. The van der Waals surface area contributed by atoms with Crippen molar-refractivity contribution >= 4 is 17.5 Å². The molecule has 1 aromatic rings. The van der Waals surface area contributed by atoms with Crippen LogP contribution in [-0.2, 0) is 9.59 Å². The van der Waals surface area contributed by atoms with Crippen molar-refractivity contribution in [3.63, 3.8) is 0 Å². The molecule has 5 nitrogen and oxygen atoms in total. The summed E-state index contributed by atoms with van der Waals surface area (Å²) >= 11 is 0. The van der Waals surface area contributed by atoms with Gasteiger partial charge in [-0.15, -0.1) is 0 Å². The monoisotopic (exact) mass is 264 g/mol. The van der Waals surface area contributed by atoms with Crippen LogP contribution >= 0.6 is 0 Å². The second-order valence-corrected chi connectivity index (χ2v) is 4.65. The predicted molar refractivity (Wildman–Crippen MR) is 73.9 cm³/mol. The zero-order chi connectivity index (χ0) is 14.4. The highest BCUT2D eigenvalue weighted by Gasteiger charge is 2.19. The summed E-state index contributed by atoms with van der Waals surface area (Å²) in [6.07, 6.45) is 0. The summed E-state index contributed by atoms with van der Waals surface area (Å²) in [6, 6.07) is 7.39. The van der Waals surface area contributed by atoms with E-state index in [1.165, 1.54) is 11.9 Å². The number of benzene rings is 1. The number of anilines is 1. The Balaban J connectivity index is 2.80. The number of hydrogen-bond acceptors (Lipinski definition) is 3. The van der Waals surface area contributed by atoms with Gasteiger partial charge in [0, 0.05) is 19.3 Å². The Morgan fingerprint density at radius 2 is 1.95 bits per heavy atom. The summed E-state index contributed by atoms with van der Waals surface area (Å²) in [6.45, 7) is 4.01. The van der Waals surface area contributed by atoms with Gasteiger partial charge in [-0.1, -0.05) is 32.0 Å². The van der Waals surface area contributed by atoms with Gasteiger partial charge < -0.3 is 15.3 Å². The number of rotatable bonds is 4. The van der Waals surface area contributed by atoms with Crippen LogP contribution in [0.5, 0.6) is 0 Å². The molecule has 0 saturated heterocycles. The molecule has 0 fully saturated rings. The molecule has 2 N–H and O–H groups in total. The second-order valence-electron chi connectivity index (χ2n) is 4.65. The molecule has 0 aliphatic heterocycles. The van der Waals surface area contributed by atoms with Crippen LogP contribution in [0.1, 0.15) is 25.3 Å². The zero-order valence-corrected chi connectivity index (χ0v) is 11.5. The molecule has 104 valence electrons. The summed E-state index contributed by atoms with van der Waals surface area (Å²) in [7, 11) is 1.48. The molecule has 0 saturated carbocycles. The Labute approximate surface area is 113 Å². The molecule has 19 heavy (non-hydrogen) atoms. The fourth-order valence-corrected chi connectivity index (χ4v) is 1.71. The average Bonchev–Trinajstić information content (AvgIpc) is 2.38. The van der Waals surface area contributed by atoms with Gasteiger partial charge in [0.25, 0.3) is 0 Å². The van der Waals surface area contributed by atoms with Crippen LogP contribution in [-0.4, -0.2) is 42.0 Å². The standard InChI is InChI=1S/C14H20N2O3/c1-10(2)11-6-4-5-7-12(11)15-13(18)14(19)16(3)8-9-17/h4-7,10,17H,8-9H2,1-3H3,(H,15,18). The van der Waals surface area contributed by atoms with E-state index in [-0.39, 0.29) is 19.1 Å². The number of likely N-dealkylation sites (N-methyl/N-ethyl adjacent to an activating group) is 1. The maximum Gasteiger partial charge on any atom is 0.313 e. The lowest BCUT2D eigenvalue weighted by Crippen LogP contribution is -2.38. The lowest BCUT2D eigenvalue weighted by atomic mass is 10.0. The van der Waals surface area contributed by atoms with Crippen molar-refractivity contribution in [1.29, 1.82) is 0 Å². The molecule has 1 aromatic carbocycles. The van der Waals surface area contributed by atoms with Gasteiger partial charge in [0.2, 0.25) is 0 Å². The lowest BCUT2D eigenvalue weighted by Gasteiger charge is -2.17. The van der Waals surface area contributed by atoms with Crippen molar-refractivity contribution < 1.29 is 14.7 Å². The Bertz CT molecular complexity index is 458. The van der Waals surface area contributed by atoms with Crippen molar-refractivity contribution in [3.8, 4) is 0 Å². The Morgan fingerprint density at radius 1 is 1.32 bits per heavy atom. The van der Waals surface area contributed by atoms with Crippen LogP contribution in [0.25, 0.3) is 0 Å². The summed E-state index contributed by atoms with van der Waals surface area (Å²) in [5.41, 5.74) is 1.63. The normalized spacial score (nSPS) is 10.4. The van der Waals surface area contributed by atoms with E-state index in [0.717, 1.165) is 5.56 Å². The number of carbonyl (C=O) groups is 2. The molecule has 5 heteroatoms. The third-order valence-electron chi connectivity index (χ3n) is 2.81. The molecule has 0 spiro atoms. The van der Waals surface area contributed by atoms with E-state index in [1.54, 1.807) is 6.07 Å². The molecule has 0 aliphatic rings. The summed E-state index contributed by atoms with van der Waals surface area (Å²) in [4.78, 5) is 24.7. The van der Waals surface area contributed by atoms with Gasteiger partial charge in [-0.05, 0) is 17.5 Å². The Kier molecular flexibility index (Phi) is 5.51. The molecular weight excluding hydrogens is 244 g/mol. The van der Waals surface area contributed by atoms with Gasteiger partial charge in [-0.3, -0.25) is 9.59 Å². The maximum absolute atomic E-state index is 11.8. The van der Waals surface area contributed by atoms with E-state index in [1.807, 2.05) is 32.0 Å². The van der Waals surface area contributed by atoms with Gasteiger partial charge in [0.15, 0.2) is 0 Å². The molecule has 0 unspecified atom stereocenters. The number of amides is 2. The number of aliphatic hydroxyl groups excluding tert-OH is 1. The molecule has 2 amide bonds. The molecule has 0 radical (unpaired) electrons. The number of carbonyl (C=O) groups excluding carboxylic acids is 2. The largest absolute Gasteiger partial charge is 0.395 e. The van der Waals surface area contributed by atoms with Crippen molar-refractivity contribution in [2.45, 2.75) is 19.8 Å². The first-order chi connectivity index (χ1) is 8.97. The molecule has 0 aromatic heterocycles. The highest BCUT2D eigenvalue weighted by Crippen LogP contribution is 2.23. The van der Waals surface area contributed by atoms with E-state index in [2.05, 4.69) is 5.32 Å². The maximum atomic E-state index is 11.8. The van der Waals surface area contributed by atoms with Gasteiger partial charge in [0.05, 0.1) is 6.61 Å². The van der Waals surface area contributed by atoms with Gasteiger partial charge in [0.1, 0.15) is 0 Å². The topological polar surface area (TPSA) is 69.6 Å². The van der Waals surface area contributed by atoms with E-state index < -0.39 is 11.8 Å². The number of aliphatic hydroxyl groups is 1. The molecule has 1 rings (SSSR count). The third kappa shape index (κ3) is 4.06. The minimum absolute atomic E-state index is 0.137. The highest BCUT2D eigenvalue weighted by atomic mass is 16.3. The molecule has 0 heterocycles. The lowest BCUT2D eigenvalue weighted by molar-refractivity contribution is -0.142. The molecule has 0 aliphatic carbocycles. The zero-order valence-electron chi connectivity index (χ0n) is 11.5. The average molecular weight is 264 g/mol. The Hall–Kier alpha value is -1.88. The minimum atomic E-state index is -0.691. The predicted octanol–water partition coefficient (Wildman–Crippen LogP) is 1.20. The SMILES string of the molecule is CC(C)c1ccccc1NC(=O)C(=O)N(C)CCO. The van der Waals surface area contributed by atoms with E-state index in [9.17, 15) is 9.59 Å². The molecular formula is C14H20N2O3. The van der Waals surface area contributed by atoms with E-state index in [4.69, 9.17) is 5.11 Å². The van der Waals surface area contributed by atoms with Crippen LogP contribution in [0, 0.1) is 0 Å². The quantitative estimate of drug-likeness (QED) is 0.803. The summed E-state index contributed by atoms with van der Waals surface area (Å²) in [5, 5.41) is 11.4. The highest BCUT2D eigenvalue weighted by molar-refractivity contribution is 6.39. The van der Waals surface area contributed by atoms with Crippen molar-refractivity contribution in [2.75, 3.05) is 25.5 Å². The molecule has 0 bridgehead atoms. The number of hydrogen-bond donors (Lipinski definition) is 2. The van der Waals surface area contributed by atoms with Crippen molar-refractivity contribution in [1.82, 2.24) is 4.90 Å². The first-order valence-electron chi connectivity index (χ1n) is 6.23. The smallest absolute Gasteiger partial charge is 0.313 e. The van der Waals surface area contributed by atoms with E-state index >= 15 is 0 Å². The minimum Gasteiger partial charge on any atom is -0.395 e. The van der Waals surface area contributed by atoms with Crippen molar-refractivity contribution in [3.05, 3.63) is 29.8 Å². The van der Waals surface area contributed by atoms with E-state index in [0.29, 0.717) is 5.69 Å². The number of para-hydroxylation sites is 1. The van der Waals surface area contributed by atoms with Crippen LogP contribution in [0.2, 0.25) is 0 Å². The number of nitrogens with zero attached hydrogens (tertiary/aromatic N) is 1. The van der Waals surface area contributed by atoms with Gasteiger partial charge in [-0.2, -0.15) is 0 Å². The second kappa shape index (κ2) is 6.89. The van der Waals surface area contributed by atoms with Crippen LogP contribution in [0.3, 0.4) is 0 Å². The fraction of sp³-hybridized carbons (Fsp3) is 0.429. The first-order valence-corrected chi connectivity index (χ1v) is 6.23. The summed E-state index contributed by atoms with van der Waals surface area (Å²) < 4.78 is 0. The van der Waals surface area contributed by atoms with Crippen molar-refractivity contribution in [2.24, 2.45) is 0 Å².